The predicted molar refractivity (Wildman–Crippen MR) is 78.8 cm³/mol. The van der Waals surface area contributed by atoms with Crippen LogP contribution in [-0.4, -0.2) is 5.11 Å². The van der Waals surface area contributed by atoms with Crippen LogP contribution in [0.15, 0.2) is 34.8 Å². The first-order valence-electron chi connectivity index (χ1n) is 6.11. The molecule has 1 unspecified atom stereocenters. The molecule has 0 fully saturated rings. The van der Waals surface area contributed by atoms with Crippen molar-refractivity contribution >= 4 is 15.9 Å². The van der Waals surface area contributed by atoms with Crippen LogP contribution in [0.1, 0.15) is 33.9 Å². The number of benzene rings is 2. The first-order chi connectivity index (χ1) is 8.90. The van der Waals surface area contributed by atoms with Gasteiger partial charge < -0.3 is 5.11 Å². The van der Waals surface area contributed by atoms with Crippen LogP contribution in [0.3, 0.4) is 0 Å². The van der Waals surface area contributed by atoms with E-state index in [1.54, 1.807) is 19.1 Å². The van der Waals surface area contributed by atoms with E-state index in [0.29, 0.717) is 11.1 Å². The molecule has 0 aromatic heterocycles. The van der Waals surface area contributed by atoms with Crippen molar-refractivity contribution in [2.75, 3.05) is 0 Å². The van der Waals surface area contributed by atoms with E-state index in [9.17, 15) is 9.50 Å². The van der Waals surface area contributed by atoms with Crippen molar-refractivity contribution in [1.29, 1.82) is 0 Å². The molecule has 2 rings (SSSR count). The highest BCUT2D eigenvalue weighted by atomic mass is 79.9. The highest BCUT2D eigenvalue weighted by molar-refractivity contribution is 9.10. The lowest BCUT2D eigenvalue weighted by Crippen LogP contribution is -2.02. The van der Waals surface area contributed by atoms with E-state index in [4.69, 9.17) is 0 Å². The van der Waals surface area contributed by atoms with Crippen LogP contribution in [0, 0.1) is 26.6 Å². The van der Waals surface area contributed by atoms with Gasteiger partial charge in [-0.25, -0.2) is 4.39 Å². The lowest BCUT2D eigenvalue weighted by Gasteiger charge is -2.15. The van der Waals surface area contributed by atoms with Gasteiger partial charge in [-0.1, -0.05) is 40.2 Å². The zero-order chi connectivity index (χ0) is 14.2. The summed E-state index contributed by atoms with van der Waals surface area (Å²) in [6.45, 7) is 5.68. The van der Waals surface area contributed by atoms with Gasteiger partial charge in [-0.15, -0.1) is 0 Å². The molecule has 0 spiro atoms. The molecule has 0 amide bonds. The normalized spacial score (nSPS) is 12.5. The van der Waals surface area contributed by atoms with E-state index >= 15 is 0 Å². The molecule has 1 atom stereocenters. The van der Waals surface area contributed by atoms with Crippen molar-refractivity contribution in [1.82, 2.24) is 0 Å². The maximum absolute atomic E-state index is 13.3. The van der Waals surface area contributed by atoms with Gasteiger partial charge in [-0.2, -0.15) is 0 Å². The van der Waals surface area contributed by atoms with E-state index in [1.165, 1.54) is 6.07 Å². The van der Waals surface area contributed by atoms with Crippen LogP contribution < -0.4 is 0 Å². The summed E-state index contributed by atoms with van der Waals surface area (Å²) in [5.74, 6) is -0.251. The van der Waals surface area contributed by atoms with Crippen molar-refractivity contribution in [3.8, 4) is 0 Å². The minimum absolute atomic E-state index is 0.251. The van der Waals surface area contributed by atoms with Crippen molar-refractivity contribution in [2.45, 2.75) is 26.9 Å². The van der Waals surface area contributed by atoms with Gasteiger partial charge in [0.15, 0.2) is 0 Å². The molecule has 0 bridgehead atoms. The number of aliphatic hydroxyl groups excluding tert-OH is 1. The van der Waals surface area contributed by atoms with E-state index in [1.807, 2.05) is 26.0 Å². The highest BCUT2D eigenvalue weighted by Crippen LogP contribution is 2.29. The summed E-state index contributed by atoms with van der Waals surface area (Å²) in [6.07, 6.45) is -0.732. The van der Waals surface area contributed by atoms with Gasteiger partial charge in [-0.05, 0) is 54.7 Å². The minimum Gasteiger partial charge on any atom is -0.384 e. The molecule has 0 saturated carbocycles. The van der Waals surface area contributed by atoms with E-state index in [0.717, 1.165) is 21.2 Å². The Morgan fingerprint density at radius 1 is 0.947 bits per heavy atom. The zero-order valence-corrected chi connectivity index (χ0v) is 12.8. The molecule has 1 nitrogen and oxygen atoms in total. The molecule has 0 heterocycles. The molecule has 0 aliphatic heterocycles. The zero-order valence-electron chi connectivity index (χ0n) is 11.2. The van der Waals surface area contributed by atoms with Crippen LogP contribution in [0.4, 0.5) is 4.39 Å². The first kappa shape index (κ1) is 14.2. The van der Waals surface area contributed by atoms with Crippen molar-refractivity contribution < 1.29 is 9.50 Å². The summed E-state index contributed by atoms with van der Waals surface area (Å²) < 4.78 is 14.3. The van der Waals surface area contributed by atoms with Crippen LogP contribution in [0.2, 0.25) is 0 Å². The smallest absolute Gasteiger partial charge is 0.126 e. The molecule has 0 aliphatic carbocycles. The average Bonchev–Trinajstić information content (AvgIpc) is 2.37. The summed E-state index contributed by atoms with van der Waals surface area (Å²) in [4.78, 5) is 0. The molecule has 1 N–H and O–H groups in total. The Hall–Kier alpha value is -1.19. The SMILES string of the molecule is Cc1cc(C(O)c2cc(C)c(Br)c(C)c2)ccc1F. The van der Waals surface area contributed by atoms with Crippen molar-refractivity contribution in [2.24, 2.45) is 0 Å². The second-order valence-electron chi connectivity index (χ2n) is 4.88. The Bertz CT molecular complexity index is 599. The fraction of sp³-hybridized carbons (Fsp3) is 0.250. The van der Waals surface area contributed by atoms with Gasteiger partial charge in [0.05, 0.1) is 0 Å². The number of aryl methyl sites for hydroxylation is 3. The number of rotatable bonds is 2. The molecule has 19 heavy (non-hydrogen) atoms. The van der Waals surface area contributed by atoms with Crippen molar-refractivity contribution in [3.05, 3.63) is 68.4 Å². The predicted octanol–water partition coefficient (Wildman–Crippen LogP) is 4.60. The van der Waals surface area contributed by atoms with E-state index in [2.05, 4.69) is 15.9 Å². The molecule has 100 valence electrons. The Kier molecular flexibility index (Phi) is 4.07. The maximum Gasteiger partial charge on any atom is 0.126 e. The van der Waals surface area contributed by atoms with Crippen LogP contribution in [0.25, 0.3) is 0 Å². The van der Waals surface area contributed by atoms with Crippen LogP contribution >= 0.6 is 15.9 Å². The van der Waals surface area contributed by atoms with Crippen LogP contribution in [-0.2, 0) is 0 Å². The van der Waals surface area contributed by atoms with Gasteiger partial charge >= 0.3 is 0 Å². The maximum atomic E-state index is 13.3. The first-order valence-corrected chi connectivity index (χ1v) is 6.90. The highest BCUT2D eigenvalue weighted by Gasteiger charge is 2.14. The van der Waals surface area contributed by atoms with Crippen molar-refractivity contribution in [3.63, 3.8) is 0 Å². The molecular formula is C16H16BrFO. The quantitative estimate of drug-likeness (QED) is 0.857. The van der Waals surface area contributed by atoms with Gasteiger partial charge in [0.2, 0.25) is 0 Å². The second kappa shape index (κ2) is 5.43. The molecule has 2 aromatic carbocycles. The number of aliphatic hydroxyl groups is 1. The van der Waals surface area contributed by atoms with Crippen LogP contribution in [0.5, 0.6) is 0 Å². The fourth-order valence-corrected chi connectivity index (χ4v) is 2.40. The Balaban J connectivity index is 2.43. The molecule has 0 radical (unpaired) electrons. The average molecular weight is 323 g/mol. The Labute approximate surface area is 121 Å². The summed E-state index contributed by atoms with van der Waals surface area (Å²) in [7, 11) is 0. The number of halogens is 2. The summed E-state index contributed by atoms with van der Waals surface area (Å²) >= 11 is 3.51. The van der Waals surface area contributed by atoms with Gasteiger partial charge in [0.25, 0.3) is 0 Å². The van der Waals surface area contributed by atoms with E-state index < -0.39 is 6.10 Å². The third-order valence-electron chi connectivity index (χ3n) is 3.27. The lowest BCUT2D eigenvalue weighted by molar-refractivity contribution is 0.220. The standard InChI is InChI=1S/C16H16BrFO/c1-9-6-12(4-5-14(9)18)16(19)13-7-10(2)15(17)11(3)8-13/h4-8,16,19H,1-3H3. The van der Waals surface area contributed by atoms with Gasteiger partial charge in [0, 0.05) is 4.47 Å². The summed E-state index contributed by atoms with van der Waals surface area (Å²) in [6, 6.07) is 8.60. The van der Waals surface area contributed by atoms with Gasteiger partial charge in [0.1, 0.15) is 11.9 Å². The third-order valence-corrected chi connectivity index (χ3v) is 4.52. The molecule has 0 saturated heterocycles. The summed E-state index contributed by atoms with van der Waals surface area (Å²) in [5.41, 5.74) is 4.23. The molecule has 2 aromatic rings. The largest absolute Gasteiger partial charge is 0.384 e. The number of hydrogen-bond donors (Lipinski definition) is 1. The number of hydrogen-bond acceptors (Lipinski definition) is 1. The fourth-order valence-electron chi connectivity index (χ4n) is 2.17. The molecule has 0 aliphatic rings. The monoisotopic (exact) mass is 322 g/mol. The molecule has 3 heteroatoms. The Morgan fingerprint density at radius 2 is 1.47 bits per heavy atom. The summed E-state index contributed by atoms with van der Waals surface area (Å²) in [5, 5.41) is 10.4. The topological polar surface area (TPSA) is 20.2 Å². The lowest BCUT2D eigenvalue weighted by atomic mass is 9.97. The minimum atomic E-state index is -0.732. The molecular weight excluding hydrogens is 307 g/mol. The van der Waals surface area contributed by atoms with E-state index in [-0.39, 0.29) is 5.82 Å². The Morgan fingerprint density at radius 3 is 2.00 bits per heavy atom. The van der Waals surface area contributed by atoms with Gasteiger partial charge in [-0.3, -0.25) is 0 Å². The third kappa shape index (κ3) is 2.88. The second-order valence-corrected chi connectivity index (χ2v) is 5.67.